The Kier molecular flexibility index (Phi) is 14.2. The summed E-state index contributed by atoms with van der Waals surface area (Å²) in [7, 11) is 0. The van der Waals surface area contributed by atoms with Crippen molar-refractivity contribution in [2.24, 2.45) is 0 Å². The fourth-order valence-electron chi connectivity index (χ4n) is 1.59. The van der Waals surface area contributed by atoms with Gasteiger partial charge in [-0.15, -0.1) is 25.0 Å². The summed E-state index contributed by atoms with van der Waals surface area (Å²) in [6, 6.07) is 2.70. The van der Waals surface area contributed by atoms with Crippen molar-refractivity contribution in [1.29, 1.82) is 0 Å². The van der Waals surface area contributed by atoms with Crippen LogP contribution < -0.4 is 0 Å². The van der Waals surface area contributed by atoms with Gasteiger partial charge >= 0.3 is 21.7 Å². The third kappa shape index (κ3) is 11.5. The van der Waals surface area contributed by atoms with E-state index < -0.39 is 46.5 Å². The smallest absolute Gasteiger partial charge is 0.281 e. The molecular weight excluding hydrogens is 464 g/mol. The zero-order valence-corrected chi connectivity index (χ0v) is 17.1. The summed E-state index contributed by atoms with van der Waals surface area (Å²) in [6.07, 6.45) is 20.0. The second-order valence-electron chi connectivity index (χ2n) is 5.19. The molecule has 0 N–H and O–H groups in total. The van der Waals surface area contributed by atoms with Gasteiger partial charge in [-0.1, -0.05) is 12.1 Å². The Morgan fingerprint density at radius 3 is 0.935 bits per heavy atom. The average Bonchev–Trinajstić information content (AvgIpc) is 3.44. The Hall–Kier alpha value is -2.45. The van der Waals surface area contributed by atoms with E-state index in [1.807, 2.05) is 24.3 Å². The number of halogens is 8. The zero-order valence-electron chi connectivity index (χ0n) is 15.6. The third-order valence-electron chi connectivity index (χ3n) is 2.96. The van der Waals surface area contributed by atoms with Crippen LogP contribution in [0.1, 0.15) is 12.8 Å². The van der Waals surface area contributed by atoms with E-state index in [0.29, 0.717) is 0 Å². The predicted octanol–water partition coefficient (Wildman–Crippen LogP) is 6.70. The predicted molar refractivity (Wildman–Crippen MR) is 93.4 cm³/mol. The maximum atomic E-state index is 11.9. The van der Waals surface area contributed by atoms with Gasteiger partial charge < -0.3 is 0 Å². The minimum atomic E-state index is -1.51. The Bertz CT molecular complexity index is 751. The van der Waals surface area contributed by atoms with Crippen LogP contribution in [0.4, 0.5) is 35.1 Å². The Labute approximate surface area is 189 Å². The maximum absolute atomic E-state index is 11.9. The summed E-state index contributed by atoms with van der Waals surface area (Å²) >= 11 is 0. The summed E-state index contributed by atoms with van der Waals surface area (Å²) in [5, 5.41) is 0. The van der Waals surface area contributed by atoms with Crippen molar-refractivity contribution in [1.82, 2.24) is 0 Å². The van der Waals surface area contributed by atoms with E-state index in [2.05, 4.69) is 24.3 Å². The summed E-state index contributed by atoms with van der Waals surface area (Å²) < 4.78 is 95.5. The van der Waals surface area contributed by atoms with Crippen LogP contribution in [0.5, 0.6) is 0 Å². The molecule has 0 radical (unpaired) electrons. The Balaban J connectivity index is 0.000000401. The van der Waals surface area contributed by atoms with E-state index in [1.165, 1.54) is 12.1 Å². The summed E-state index contributed by atoms with van der Waals surface area (Å²) in [4.78, 5) is 0. The molecule has 0 fully saturated rings. The third-order valence-corrected chi connectivity index (χ3v) is 2.96. The maximum Gasteiger partial charge on any atom is 4.00 e. The van der Waals surface area contributed by atoms with Crippen LogP contribution in [-0.2, 0) is 21.7 Å². The molecule has 2 aromatic rings. The van der Waals surface area contributed by atoms with E-state index >= 15 is 0 Å². The summed E-state index contributed by atoms with van der Waals surface area (Å²) in [5.41, 5.74) is 0. The molecule has 160 valence electrons. The minimum absolute atomic E-state index is 0. The van der Waals surface area contributed by atoms with Crippen molar-refractivity contribution in [2.75, 3.05) is 0 Å². The van der Waals surface area contributed by atoms with Crippen LogP contribution in [0.15, 0.2) is 48.6 Å². The molecule has 0 atom stereocenters. The van der Waals surface area contributed by atoms with Gasteiger partial charge in [0.15, 0.2) is 0 Å². The van der Waals surface area contributed by atoms with Gasteiger partial charge in [0, 0.05) is 46.5 Å². The van der Waals surface area contributed by atoms with Crippen LogP contribution >= 0.6 is 0 Å². The van der Waals surface area contributed by atoms with Crippen molar-refractivity contribution in [3.05, 3.63) is 119 Å². The average molecular weight is 476 g/mol. The fraction of sp³-hybridized carbons (Fsp3) is 0.0909. The molecule has 0 spiro atoms. The largest absolute Gasteiger partial charge is 4.00 e. The first kappa shape index (κ1) is 28.6. The van der Waals surface area contributed by atoms with Gasteiger partial charge in [-0.05, 0) is 0 Å². The SMILES string of the molecule is Fc1[c-]c(F)c(F)cc1F.Fc1[c-]c(F)c(F)cc1F.[C-]1=CC=CC1.[C-]1=CC=CC1.[Ti+4]. The second-order valence-corrected chi connectivity index (χ2v) is 5.19. The molecule has 2 aliphatic rings. The Morgan fingerprint density at radius 1 is 0.516 bits per heavy atom. The molecule has 0 aliphatic heterocycles. The fourth-order valence-corrected chi connectivity index (χ4v) is 1.59. The minimum Gasteiger partial charge on any atom is -0.281 e. The van der Waals surface area contributed by atoms with Gasteiger partial charge in [0.25, 0.3) is 0 Å². The van der Waals surface area contributed by atoms with Crippen molar-refractivity contribution in [2.45, 2.75) is 12.8 Å². The van der Waals surface area contributed by atoms with Gasteiger partial charge in [-0.25, -0.2) is 41.9 Å². The van der Waals surface area contributed by atoms with E-state index in [4.69, 9.17) is 0 Å². The molecule has 4 rings (SSSR count). The van der Waals surface area contributed by atoms with Crippen molar-refractivity contribution in [3.8, 4) is 0 Å². The molecule has 0 unspecified atom stereocenters. The number of allylic oxidation sites excluding steroid dienone is 8. The molecule has 9 heteroatoms. The molecule has 0 nitrogen and oxygen atoms in total. The van der Waals surface area contributed by atoms with Gasteiger partial charge in [0.05, 0.1) is 0 Å². The molecule has 2 aromatic carbocycles. The molecule has 31 heavy (non-hydrogen) atoms. The zero-order chi connectivity index (χ0) is 22.5. The van der Waals surface area contributed by atoms with Gasteiger partial charge in [-0.3, -0.25) is 29.7 Å². The number of benzene rings is 2. The molecule has 0 heterocycles. The van der Waals surface area contributed by atoms with Crippen molar-refractivity contribution < 1.29 is 56.8 Å². The number of hydrogen-bond donors (Lipinski definition) is 0. The van der Waals surface area contributed by atoms with E-state index in [-0.39, 0.29) is 33.9 Å². The van der Waals surface area contributed by atoms with E-state index in [0.717, 1.165) is 12.8 Å². The molecule has 0 saturated carbocycles. The van der Waals surface area contributed by atoms with Crippen molar-refractivity contribution in [3.63, 3.8) is 0 Å². The molecular formula is C22H12F8Ti. The standard InChI is InChI=1S/2C6HF4.2C5H5.Ti/c2*7-3-1-4(8)6(10)2-5(3)9;2*1-2-4-5-3-1;/h2*1H;2*1-3H,4H2;/q4*-1;+4. The van der Waals surface area contributed by atoms with Gasteiger partial charge in [0.2, 0.25) is 0 Å². The summed E-state index contributed by atoms with van der Waals surface area (Å²) in [6.45, 7) is 0. The second kappa shape index (κ2) is 15.4. The van der Waals surface area contributed by atoms with E-state index in [9.17, 15) is 35.1 Å². The number of rotatable bonds is 0. The first-order valence-electron chi connectivity index (χ1n) is 8.10. The molecule has 0 amide bonds. The molecule has 0 bridgehead atoms. The Morgan fingerprint density at radius 2 is 0.806 bits per heavy atom. The van der Waals surface area contributed by atoms with Crippen LogP contribution in [0, 0.1) is 70.8 Å². The van der Waals surface area contributed by atoms with Crippen LogP contribution in [-0.4, -0.2) is 0 Å². The summed E-state index contributed by atoms with van der Waals surface area (Å²) in [5.74, 6) is -11.8. The molecule has 2 aliphatic carbocycles. The van der Waals surface area contributed by atoms with Crippen molar-refractivity contribution >= 4 is 0 Å². The van der Waals surface area contributed by atoms with Gasteiger partial charge in [0.1, 0.15) is 0 Å². The van der Waals surface area contributed by atoms with E-state index in [1.54, 1.807) is 0 Å². The topological polar surface area (TPSA) is 0 Å². The van der Waals surface area contributed by atoms with Gasteiger partial charge in [-0.2, -0.15) is 12.2 Å². The first-order chi connectivity index (χ1) is 14.2. The normalized spacial score (nSPS) is 12.1. The monoisotopic (exact) mass is 476 g/mol. The first-order valence-corrected chi connectivity index (χ1v) is 8.10. The molecule has 0 aromatic heterocycles. The number of hydrogen-bond acceptors (Lipinski definition) is 0. The van der Waals surface area contributed by atoms with Crippen LogP contribution in [0.2, 0.25) is 0 Å². The van der Waals surface area contributed by atoms with Crippen LogP contribution in [0.3, 0.4) is 0 Å². The quantitative estimate of drug-likeness (QED) is 0.172. The van der Waals surface area contributed by atoms with Crippen LogP contribution in [0.25, 0.3) is 0 Å². The molecule has 0 saturated heterocycles.